The first-order valence-corrected chi connectivity index (χ1v) is 9.29. The lowest BCUT2D eigenvalue weighted by atomic mass is 10.1. The van der Waals surface area contributed by atoms with Crippen LogP contribution in [0, 0.1) is 6.92 Å². The van der Waals surface area contributed by atoms with Crippen molar-refractivity contribution in [1.82, 2.24) is 14.7 Å². The number of aryl methyl sites for hydroxylation is 1. The SMILES string of the molecule is Cc1ccc2nc(C(=O)NC(C)c3ccc(N4CCOCC4)cc3)cn2c1. The van der Waals surface area contributed by atoms with Crippen molar-refractivity contribution in [2.45, 2.75) is 19.9 Å². The molecule has 0 spiro atoms. The Labute approximate surface area is 158 Å². The van der Waals surface area contributed by atoms with Crippen molar-refractivity contribution in [2.75, 3.05) is 31.2 Å². The molecule has 3 heterocycles. The Hall–Kier alpha value is -2.86. The molecular formula is C21H24N4O2. The number of carbonyl (C=O) groups excluding carboxylic acids is 1. The number of hydrogen-bond donors (Lipinski definition) is 1. The number of pyridine rings is 1. The molecule has 2 aromatic heterocycles. The number of hydrogen-bond acceptors (Lipinski definition) is 4. The fourth-order valence-corrected chi connectivity index (χ4v) is 3.36. The first-order valence-electron chi connectivity index (χ1n) is 9.29. The Morgan fingerprint density at radius 1 is 1.11 bits per heavy atom. The Morgan fingerprint density at radius 3 is 2.59 bits per heavy atom. The molecule has 1 fully saturated rings. The van der Waals surface area contributed by atoms with Crippen LogP contribution < -0.4 is 10.2 Å². The molecule has 0 aliphatic carbocycles. The first-order chi connectivity index (χ1) is 13.1. The van der Waals surface area contributed by atoms with Crippen molar-refractivity contribution in [1.29, 1.82) is 0 Å². The predicted molar refractivity (Wildman–Crippen MR) is 105 cm³/mol. The summed E-state index contributed by atoms with van der Waals surface area (Å²) in [5.74, 6) is -0.166. The van der Waals surface area contributed by atoms with Crippen molar-refractivity contribution in [3.8, 4) is 0 Å². The van der Waals surface area contributed by atoms with Gasteiger partial charge in [-0.2, -0.15) is 0 Å². The van der Waals surface area contributed by atoms with Crippen molar-refractivity contribution < 1.29 is 9.53 Å². The van der Waals surface area contributed by atoms with Crippen molar-refractivity contribution in [3.63, 3.8) is 0 Å². The maximum absolute atomic E-state index is 12.6. The maximum atomic E-state index is 12.6. The molecule has 4 rings (SSSR count). The van der Waals surface area contributed by atoms with E-state index < -0.39 is 0 Å². The molecule has 0 bridgehead atoms. The highest BCUT2D eigenvalue weighted by atomic mass is 16.5. The van der Waals surface area contributed by atoms with Gasteiger partial charge >= 0.3 is 0 Å². The molecule has 140 valence electrons. The Bertz CT molecular complexity index is 942. The third-order valence-corrected chi connectivity index (χ3v) is 4.95. The summed E-state index contributed by atoms with van der Waals surface area (Å²) in [6.07, 6.45) is 3.73. The van der Waals surface area contributed by atoms with Crippen molar-refractivity contribution in [3.05, 3.63) is 65.6 Å². The van der Waals surface area contributed by atoms with E-state index in [1.54, 1.807) is 6.20 Å². The molecule has 1 unspecified atom stereocenters. The monoisotopic (exact) mass is 364 g/mol. The molecule has 6 heteroatoms. The fourth-order valence-electron chi connectivity index (χ4n) is 3.36. The molecule has 0 saturated carbocycles. The van der Waals surface area contributed by atoms with Gasteiger partial charge in [-0.25, -0.2) is 4.98 Å². The van der Waals surface area contributed by atoms with E-state index in [0.29, 0.717) is 5.69 Å². The van der Waals surface area contributed by atoms with E-state index in [9.17, 15) is 4.79 Å². The number of anilines is 1. The number of fused-ring (bicyclic) bond motifs is 1. The number of nitrogens with one attached hydrogen (secondary N) is 1. The lowest BCUT2D eigenvalue weighted by Gasteiger charge is -2.29. The third-order valence-electron chi connectivity index (χ3n) is 4.95. The number of amides is 1. The second kappa shape index (κ2) is 7.40. The standard InChI is InChI=1S/C21H24N4O2/c1-15-3-8-20-23-19(14-25(20)13-15)21(26)22-16(2)17-4-6-18(7-5-17)24-9-11-27-12-10-24/h3-8,13-14,16H,9-12H2,1-2H3,(H,22,26). The van der Waals surface area contributed by atoms with Gasteiger partial charge in [-0.15, -0.1) is 0 Å². The van der Waals surface area contributed by atoms with E-state index in [-0.39, 0.29) is 11.9 Å². The molecule has 1 aromatic carbocycles. The van der Waals surface area contributed by atoms with Crippen LogP contribution in [0.2, 0.25) is 0 Å². The van der Waals surface area contributed by atoms with Gasteiger partial charge in [-0.1, -0.05) is 18.2 Å². The maximum Gasteiger partial charge on any atom is 0.271 e. The molecule has 6 nitrogen and oxygen atoms in total. The molecule has 27 heavy (non-hydrogen) atoms. The molecule has 1 aliphatic rings. The minimum Gasteiger partial charge on any atom is -0.378 e. The average Bonchev–Trinajstić information content (AvgIpc) is 3.12. The summed E-state index contributed by atoms with van der Waals surface area (Å²) in [4.78, 5) is 19.3. The summed E-state index contributed by atoms with van der Waals surface area (Å²) < 4.78 is 7.28. The molecule has 3 aromatic rings. The zero-order chi connectivity index (χ0) is 18.8. The van der Waals surface area contributed by atoms with E-state index in [1.165, 1.54) is 5.69 Å². The highest BCUT2D eigenvalue weighted by Gasteiger charge is 2.16. The zero-order valence-corrected chi connectivity index (χ0v) is 15.7. The summed E-state index contributed by atoms with van der Waals surface area (Å²) in [7, 11) is 0. The van der Waals surface area contributed by atoms with Gasteiger partial charge in [0.1, 0.15) is 11.3 Å². The molecule has 1 saturated heterocycles. The van der Waals surface area contributed by atoms with Crippen LogP contribution in [0.4, 0.5) is 5.69 Å². The van der Waals surface area contributed by atoms with Gasteiger partial charge in [-0.05, 0) is 43.2 Å². The smallest absolute Gasteiger partial charge is 0.271 e. The van der Waals surface area contributed by atoms with E-state index in [2.05, 4.69) is 39.5 Å². The van der Waals surface area contributed by atoms with Gasteiger partial charge in [0.2, 0.25) is 0 Å². The van der Waals surface area contributed by atoms with E-state index in [0.717, 1.165) is 43.1 Å². The highest BCUT2D eigenvalue weighted by Crippen LogP contribution is 2.20. The normalized spacial score (nSPS) is 15.7. The number of aromatic nitrogens is 2. The number of nitrogens with zero attached hydrogens (tertiary/aromatic N) is 3. The lowest BCUT2D eigenvalue weighted by molar-refractivity contribution is 0.0935. The summed E-state index contributed by atoms with van der Waals surface area (Å²) in [5, 5.41) is 3.04. The third kappa shape index (κ3) is 3.80. The topological polar surface area (TPSA) is 58.9 Å². The minimum absolute atomic E-state index is 0.0946. The van der Waals surface area contributed by atoms with Crippen LogP contribution >= 0.6 is 0 Å². The van der Waals surface area contributed by atoms with E-state index in [1.807, 2.05) is 36.6 Å². The quantitative estimate of drug-likeness (QED) is 0.773. The van der Waals surface area contributed by atoms with Crippen LogP contribution in [0.3, 0.4) is 0 Å². The number of benzene rings is 1. The summed E-state index contributed by atoms with van der Waals surface area (Å²) in [5.41, 5.74) is 4.59. The second-order valence-electron chi connectivity index (χ2n) is 6.98. The molecule has 1 N–H and O–H groups in total. The first kappa shape index (κ1) is 17.5. The number of imidazole rings is 1. The summed E-state index contributed by atoms with van der Waals surface area (Å²) >= 11 is 0. The van der Waals surface area contributed by atoms with Gasteiger partial charge in [0.25, 0.3) is 5.91 Å². The Kier molecular flexibility index (Phi) is 4.81. The number of rotatable bonds is 4. The Balaban J connectivity index is 1.44. The largest absolute Gasteiger partial charge is 0.378 e. The van der Waals surface area contributed by atoms with Crippen molar-refractivity contribution >= 4 is 17.2 Å². The zero-order valence-electron chi connectivity index (χ0n) is 15.7. The predicted octanol–water partition coefficient (Wildman–Crippen LogP) is 2.97. The Morgan fingerprint density at radius 2 is 1.85 bits per heavy atom. The number of ether oxygens (including phenoxy) is 1. The second-order valence-corrected chi connectivity index (χ2v) is 6.98. The number of carbonyl (C=O) groups is 1. The van der Waals surface area contributed by atoms with Gasteiger partial charge in [-0.3, -0.25) is 4.79 Å². The van der Waals surface area contributed by atoms with Crippen LogP contribution in [0.15, 0.2) is 48.8 Å². The van der Waals surface area contributed by atoms with Crippen LogP contribution in [0.25, 0.3) is 5.65 Å². The highest BCUT2D eigenvalue weighted by molar-refractivity contribution is 5.93. The average molecular weight is 364 g/mol. The van der Waals surface area contributed by atoms with Crippen LogP contribution in [0.5, 0.6) is 0 Å². The van der Waals surface area contributed by atoms with Crippen molar-refractivity contribution in [2.24, 2.45) is 0 Å². The molecule has 1 amide bonds. The lowest BCUT2D eigenvalue weighted by Crippen LogP contribution is -2.36. The van der Waals surface area contributed by atoms with E-state index in [4.69, 9.17) is 4.74 Å². The van der Waals surface area contributed by atoms with Crippen LogP contribution in [-0.2, 0) is 4.74 Å². The van der Waals surface area contributed by atoms with Crippen LogP contribution in [-0.4, -0.2) is 41.6 Å². The number of morpholine rings is 1. The van der Waals surface area contributed by atoms with E-state index >= 15 is 0 Å². The van der Waals surface area contributed by atoms with Gasteiger partial charge < -0.3 is 19.4 Å². The molecular weight excluding hydrogens is 340 g/mol. The van der Waals surface area contributed by atoms with Gasteiger partial charge in [0.05, 0.1) is 19.3 Å². The van der Waals surface area contributed by atoms with Gasteiger partial charge in [0.15, 0.2) is 0 Å². The fraction of sp³-hybridized carbons (Fsp3) is 0.333. The molecule has 1 aliphatic heterocycles. The summed E-state index contributed by atoms with van der Waals surface area (Å²) in [6.45, 7) is 7.38. The minimum atomic E-state index is -0.166. The van der Waals surface area contributed by atoms with Crippen LogP contribution in [0.1, 0.15) is 34.6 Å². The molecule has 0 radical (unpaired) electrons. The van der Waals surface area contributed by atoms with Gasteiger partial charge in [0, 0.05) is 31.2 Å². The summed E-state index contributed by atoms with van der Waals surface area (Å²) in [6, 6.07) is 12.2. The molecule has 1 atom stereocenters.